The molecule has 0 bridgehead atoms. The smallest absolute Gasteiger partial charge is 0.167 e. The van der Waals surface area contributed by atoms with E-state index in [0.717, 1.165) is 0 Å². The van der Waals surface area contributed by atoms with Crippen LogP contribution in [0.1, 0.15) is 0 Å². The summed E-state index contributed by atoms with van der Waals surface area (Å²) in [4.78, 5) is 11.9. The Morgan fingerprint density at radius 1 is 1.46 bits per heavy atom. The molecule has 7 heteroatoms. The Hall–Kier alpha value is -1.34. The topological polar surface area (TPSA) is 78.9 Å². The first kappa shape index (κ1) is 8.27. The number of aromatic nitrogens is 4. The second kappa shape index (κ2) is 3.19. The van der Waals surface area contributed by atoms with Crippen molar-refractivity contribution in [3.63, 3.8) is 0 Å². The van der Waals surface area contributed by atoms with Gasteiger partial charge in [0.1, 0.15) is 18.6 Å². The molecule has 2 aromatic rings. The number of hydrogen-bond donors (Lipinski definition) is 2. The van der Waals surface area contributed by atoms with Crippen molar-refractivity contribution in [3.05, 3.63) is 12.7 Å². The maximum absolute atomic E-state index is 5.58. The number of hydrogen-bond acceptors (Lipinski definition) is 6. The average molecular weight is 197 g/mol. The highest BCUT2D eigenvalue weighted by Gasteiger charge is 2.06. The van der Waals surface area contributed by atoms with E-state index in [-0.39, 0.29) is 6.73 Å². The molecule has 0 spiro atoms. The molecular weight excluding hydrogens is 190 g/mol. The fraction of sp³-hybridized carbons (Fsp3) is 0.167. The number of nitrogen functional groups attached to an aromatic ring is 1. The van der Waals surface area contributed by atoms with E-state index < -0.39 is 0 Å². The van der Waals surface area contributed by atoms with E-state index in [4.69, 9.17) is 5.73 Å². The first-order chi connectivity index (χ1) is 6.33. The van der Waals surface area contributed by atoms with Crippen LogP contribution in [0.15, 0.2) is 12.7 Å². The highest BCUT2D eigenvalue weighted by Crippen LogP contribution is 2.13. The molecule has 68 valence electrons. The van der Waals surface area contributed by atoms with Gasteiger partial charge in [-0.3, -0.25) is 8.75 Å². The Morgan fingerprint density at radius 2 is 2.31 bits per heavy atom. The number of rotatable bonds is 2. The third-order valence-electron chi connectivity index (χ3n) is 1.63. The Labute approximate surface area is 79.4 Å². The molecule has 0 aliphatic heterocycles. The average Bonchev–Trinajstić information content (AvgIpc) is 2.51. The van der Waals surface area contributed by atoms with Crippen LogP contribution in [-0.2, 0) is 10.9 Å². The minimum absolute atomic E-state index is 0.274. The van der Waals surface area contributed by atoms with E-state index in [2.05, 4.69) is 32.0 Å². The van der Waals surface area contributed by atoms with E-state index in [1.54, 1.807) is 10.9 Å². The number of anilines is 1. The zero-order valence-corrected chi connectivity index (χ0v) is 7.48. The van der Waals surface area contributed by atoms with Crippen LogP contribution in [0.4, 0.5) is 5.82 Å². The lowest BCUT2D eigenvalue weighted by molar-refractivity contribution is 0.291. The van der Waals surface area contributed by atoms with Crippen molar-refractivity contribution in [1.82, 2.24) is 19.5 Å². The Bertz CT molecular complexity index is 428. The van der Waals surface area contributed by atoms with Crippen LogP contribution in [-0.4, -0.2) is 19.5 Å². The zero-order valence-electron chi connectivity index (χ0n) is 6.58. The number of thiol groups is 1. The largest absolute Gasteiger partial charge is 0.382 e. The molecule has 0 aromatic carbocycles. The summed E-state index contributed by atoms with van der Waals surface area (Å²) in [5.41, 5.74) is 6.80. The van der Waals surface area contributed by atoms with Crippen molar-refractivity contribution < 1.29 is 4.18 Å². The maximum Gasteiger partial charge on any atom is 0.167 e. The number of imidazole rings is 1. The Balaban J connectivity index is 2.61. The summed E-state index contributed by atoms with van der Waals surface area (Å²) in [6.07, 6.45) is 2.96. The molecule has 0 fully saturated rings. The molecule has 0 radical (unpaired) electrons. The molecule has 2 aromatic heterocycles. The lowest BCUT2D eigenvalue weighted by atomic mass is 10.5. The van der Waals surface area contributed by atoms with Gasteiger partial charge in [0, 0.05) is 0 Å². The van der Waals surface area contributed by atoms with Crippen LogP contribution in [0, 0.1) is 0 Å². The fourth-order valence-electron chi connectivity index (χ4n) is 1.06. The summed E-state index contributed by atoms with van der Waals surface area (Å²) in [5.74, 6) is 0.364. The summed E-state index contributed by atoms with van der Waals surface area (Å²) in [6.45, 7) is 0.274. The molecule has 2 rings (SSSR count). The van der Waals surface area contributed by atoms with Crippen molar-refractivity contribution in [2.24, 2.45) is 0 Å². The van der Waals surface area contributed by atoms with E-state index >= 15 is 0 Å². The van der Waals surface area contributed by atoms with Crippen molar-refractivity contribution in [3.8, 4) is 0 Å². The standard InChI is InChI=1S/C6H7N5OS/c7-5-4-6(9-1-8-5)11(2-10-4)3-12-13/h1-2,13H,3H2,(H2,7,8,9). The van der Waals surface area contributed by atoms with Gasteiger partial charge in [-0.15, -0.1) is 0 Å². The van der Waals surface area contributed by atoms with Crippen LogP contribution >= 0.6 is 12.9 Å². The summed E-state index contributed by atoms with van der Waals surface area (Å²) in [5, 5.41) is 0. The van der Waals surface area contributed by atoms with Crippen LogP contribution in [0.5, 0.6) is 0 Å². The molecule has 0 aliphatic carbocycles. The van der Waals surface area contributed by atoms with Crippen molar-refractivity contribution in [2.45, 2.75) is 6.73 Å². The molecule has 2 heterocycles. The van der Waals surface area contributed by atoms with Gasteiger partial charge in [0.2, 0.25) is 0 Å². The molecule has 6 nitrogen and oxygen atoms in total. The van der Waals surface area contributed by atoms with Gasteiger partial charge in [-0.2, -0.15) is 0 Å². The first-order valence-electron chi connectivity index (χ1n) is 3.50. The van der Waals surface area contributed by atoms with Crippen LogP contribution < -0.4 is 5.73 Å². The summed E-state index contributed by atoms with van der Waals surface area (Å²) < 4.78 is 6.33. The lowest BCUT2D eigenvalue weighted by Crippen LogP contribution is -1.98. The second-order valence-corrected chi connectivity index (χ2v) is 2.66. The molecule has 2 N–H and O–H groups in total. The number of fused-ring (bicyclic) bond motifs is 1. The molecule has 0 unspecified atom stereocenters. The molecule has 0 atom stereocenters. The first-order valence-corrected chi connectivity index (χ1v) is 3.87. The summed E-state index contributed by atoms with van der Waals surface area (Å²) in [6, 6.07) is 0. The molecule has 0 saturated carbocycles. The van der Waals surface area contributed by atoms with E-state index in [1.807, 2.05) is 0 Å². The second-order valence-electron chi connectivity index (χ2n) is 2.40. The predicted molar refractivity (Wildman–Crippen MR) is 49.8 cm³/mol. The SMILES string of the molecule is Nc1ncnc2c1ncn2COS. The molecule has 13 heavy (non-hydrogen) atoms. The van der Waals surface area contributed by atoms with Gasteiger partial charge in [0.15, 0.2) is 11.5 Å². The van der Waals surface area contributed by atoms with Crippen LogP contribution in [0.2, 0.25) is 0 Å². The summed E-state index contributed by atoms with van der Waals surface area (Å²) in [7, 11) is 0. The van der Waals surface area contributed by atoms with Gasteiger partial charge in [0.25, 0.3) is 0 Å². The normalized spacial score (nSPS) is 10.8. The molecule has 0 saturated heterocycles. The quantitative estimate of drug-likeness (QED) is 0.532. The lowest BCUT2D eigenvalue weighted by Gasteiger charge is -1.99. The van der Waals surface area contributed by atoms with Crippen molar-refractivity contribution in [1.29, 1.82) is 0 Å². The third-order valence-corrected chi connectivity index (χ3v) is 1.74. The Morgan fingerprint density at radius 3 is 3.08 bits per heavy atom. The monoisotopic (exact) mass is 197 g/mol. The molecular formula is C6H7N5OS. The van der Waals surface area contributed by atoms with Gasteiger partial charge < -0.3 is 5.73 Å². The Kier molecular flexibility index (Phi) is 2.03. The zero-order chi connectivity index (χ0) is 9.26. The van der Waals surface area contributed by atoms with Crippen LogP contribution in [0.25, 0.3) is 11.2 Å². The van der Waals surface area contributed by atoms with Gasteiger partial charge in [-0.25, -0.2) is 15.0 Å². The minimum atomic E-state index is 0.274. The van der Waals surface area contributed by atoms with Crippen molar-refractivity contribution >= 4 is 29.9 Å². The highest BCUT2D eigenvalue weighted by atomic mass is 32.1. The van der Waals surface area contributed by atoms with Gasteiger partial charge in [-0.05, 0) is 12.9 Å². The van der Waals surface area contributed by atoms with E-state index in [9.17, 15) is 0 Å². The highest BCUT2D eigenvalue weighted by molar-refractivity contribution is 7.75. The number of nitrogens with two attached hydrogens (primary N) is 1. The fourth-order valence-corrected chi connectivity index (χ4v) is 1.18. The molecule has 0 aliphatic rings. The third kappa shape index (κ3) is 1.31. The van der Waals surface area contributed by atoms with Gasteiger partial charge in [-0.1, -0.05) is 0 Å². The molecule has 0 amide bonds. The number of nitrogens with zero attached hydrogens (tertiary/aromatic N) is 4. The van der Waals surface area contributed by atoms with Crippen LogP contribution in [0.3, 0.4) is 0 Å². The van der Waals surface area contributed by atoms with Gasteiger partial charge in [0.05, 0.1) is 6.33 Å². The van der Waals surface area contributed by atoms with Gasteiger partial charge >= 0.3 is 0 Å². The summed E-state index contributed by atoms with van der Waals surface area (Å²) >= 11 is 3.64. The predicted octanol–water partition coefficient (Wildman–Crippen LogP) is 0.227. The van der Waals surface area contributed by atoms with E-state index in [1.165, 1.54) is 6.33 Å². The minimum Gasteiger partial charge on any atom is -0.382 e. The van der Waals surface area contributed by atoms with E-state index in [0.29, 0.717) is 17.0 Å². The van der Waals surface area contributed by atoms with Crippen molar-refractivity contribution in [2.75, 3.05) is 5.73 Å². The maximum atomic E-state index is 5.58.